The van der Waals surface area contributed by atoms with Crippen LogP contribution in [0.3, 0.4) is 0 Å². The van der Waals surface area contributed by atoms with Gasteiger partial charge in [0.15, 0.2) is 0 Å². The molecule has 0 bridgehead atoms. The lowest BCUT2D eigenvalue weighted by Gasteiger charge is -2.22. The van der Waals surface area contributed by atoms with Crippen LogP contribution in [0.25, 0.3) is 0 Å². The Hall–Kier alpha value is -1.69. The minimum atomic E-state index is -0.515. The summed E-state index contributed by atoms with van der Waals surface area (Å²) < 4.78 is 0. The number of hydrogen-bond acceptors (Lipinski definition) is 4. The van der Waals surface area contributed by atoms with Gasteiger partial charge in [0.2, 0.25) is 5.91 Å². The van der Waals surface area contributed by atoms with Crippen LogP contribution in [0, 0.1) is 0 Å². The summed E-state index contributed by atoms with van der Waals surface area (Å²) in [6.45, 7) is 7.34. The van der Waals surface area contributed by atoms with Crippen LogP contribution in [0.1, 0.15) is 25.0 Å². The maximum atomic E-state index is 12.5. The molecule has 5 nitrogen and oxygen atoms in total. The molecule has 1 aliphatic heterocycles. The van der Waals surface area contributed by atoms with Crippen LogP contribution in [0.4, 0.5) is 0 Å². The van der Waals surface area contributed by atoms with Gasteiger partial charge in [-0.3, -0.25) is 9.69 Å². The smallest absolute Gasteiger partial charge is 0.227 e. The fraction of sp³-hybridized carbons (Fsp3) is 0.526. The van der Waals surface area contributed by atoms with Crippen LogP contribution in [0.2, 0.25) is 0 Å². The molecular formula is C19H28N2O3. The van der Waals surface area contributed by atoms with Crippen molar-refractivity contribution in [2.24, 2.45) is 0 Å². The Morgan fingerprint density at radius 3 is 2.46 bits per heavy atom. The number of allylic oxidation sites excluding steroid dienone is 1. The minimum Gasteiger partial charge on any atom is -0.392 e. The molecule has 1 fully saturated rings. The second-order valence-corrected chi connectivity index (χ2v) is 6.69. The first-order chi connectivity index (χ1) is 11.5. The van der Waals surface area contributed by atoms with Crippen molar-refractivity contribution >= 4 is 5.91 Å². The Balaban J connectivity index is 1.92. The van der Waals surface area contributed by atoms with E-state index in [1.165, 1.54) is 5.57 Å². The highest BCUT2D eigenvalue weighted by Crippen LogP contribution is 2.10. The number of hydrogen-bond donors (Lipinski definition) is 2. The van der Waals surface area contributed by atoms with Gasteiger partial charge in [0.05, 0.1) is 19.1 Å². The minimum absolute atomic E-state index is 0.00800. The number of aliphatic hydroxyl groups is 2. The van der Waals surface area contributed by atoms with Gasteiger partial charge in [0.25, 0.3) is 0 Å². The van der Waals surface area contributed by atoms with E-state index < -0.39 is 6.10 Å². The molecule has 1 saturated heterocycles. The number of benzene rings is 1. The largest absolute Gasteiger partial charge is 0.392 e. The lowest BCUT2D eigenvalue weighted by atomic mass is 10.1. The molecule has 1 heterocycles. The second kappa shape index (κ2) is 8.97. The zero-order valence-corrected chi connectivity index (χ0v) is 14.6. The molecule has 5 heteroatoms. The normalized spacial score (nSPS) is 19.0. The maximum absolute atomic E-state index is 12.5. The molecular weight excluding hydrogens is 304 g/mol. The lowest BCUT2D eigenvalue weighted by molar-refractivity contribution is -0.131. The SMILES string of the molecule is CC(C)=CCN1CCN(C(=O)Cc2ccc(CO)cc2)CC(O)C1. The van der Waals surface area contributed by atoms with Crippen LogP contribution < -0.4 is 0 Å². The van der Waals surface area contributed by atoms with E-state index in [1.54, 1.807) is 4.90 Å². The maximum Gasteiger partial charge on any atom is 0.227 e. The fourth-order valence-electron chi connectivity index (χ4n) is 2.81. The van der Waals surface area contributed by atoms with Gasteiger partial charge in [0, 0.05) is 32.7 Å². The first-order valence-electron chi connectivity index (χ1n) is 8.48. The molecule has 0 saturated carbocycles. The molecule has 24 heavy (non-hydrogen) atoms. The summed E-state index contributed by atoms with van der Waals surface area (Å²) in [6, 6.07) is 7.42. The molecule has 1 aromatic carbocycles. The van der Waals surface area contributed by atoms with E-state index in [2.05, 4.69) is 24.8 Å². The Morgan fingerprint density at radius 1 is 1.17 bits per heavy atom. The highest BCUT2D eigenvalue weighted by Gasteiger charge is 2.23. The number of nitrogens with zero attached hydrogens (tertiary/aromatic N) is 2. The Morgan fingerprint density at radius 2 is 1.83 bits per heavy atom. The third kappa shape index (κ3) is 5.74. The van der Waals surface area contributed by atoms with Gasteiger partial charge in [-0.1, -0.05) is 35.9 Å². The molecule has 132 valence electrons. The molecule has 1 aliphatic rings. The van der Waals surface area contributed by atoms with Crippen molar-refractivity contribution in [2.75, 3.05) is 32.7 Å². The van der Waals surface area contributed by atoms with E-state index in [-0.39, 0.29) is 12.5 Å². The highest BCUT2D eigenvalue weighted by molar-refractivity contribution is 5.78. The summed E-state index contributed by atoms with van der Waals surface area (Å²) in [7, 11) is 0. The second-order valence-electron chi connectivity index (χ2n) is 6.69. The van der Waals surface area contributed by atoms with E-state index in [9.17, 15) is 9.90 Å². The number of aliphatic hydroxyl groups excluding tert-OH is 2. The Labute approximate surface area is 144 Å². The molecule has 1 amide bonds. The van der Waals surface area contributed by atoms with E-state index in [0.29, 0.717) is 26.1 Å². The van der Waals surface area contributed by atoms with Crippen molar-refractivity contribution in [3.05, 3.63) is 47.0 Å². The van der Waals surface area contributed by atoms with Gasteiger partial charge in [-0.25, -0.2) is 0 Å². The molecule has 0 radical (unpaired) electrons. The third-order valence-corrected chi connectivity index (χ3v) is 4.26. The van der Waals surface area contributed by atoms with Crippen LogP contribution in [-0.4, -0.2) is 64.7 Å². The number of β-amino-alcohol motifs (C(OH)–C–C–N with tert-alkyl or cyclic N) is 1. The van der Waals surface area contributed by atoms with Gasteiger partial charge in [-0.2, -0.15) is 0 Å². The van der Waals surface area contributed by atoms with Gasteiger partial charge in [-0.15, -0.1) is 0 Å². The van der Waals surface area contributed by atoms with E-state index >= 15 is 0 Å². The van der Waals surface area contributed by atoms with Crippen molar-refractivity contribution in [3.8, 4) is 0 Å². The van der Waals surface area contributed by atoms with Gasteiger partial charge >= 0.3 is 0 Å². The predicted octanol–water partition coefficient (Wildman–Crippen LogP) is 1.19. The number of carbonyl (C=O) groups excluding carboxylic acids is 1. The van der Waals surface area contributed by atoms with Crippen molar-refractivity contribution in [3.63, 3.8) is 0 Å². The van der Waals surface area contributed by atoms with E-state index in [1.807, 2.05) is 24.3 Å². The number of amides is 1. The molecule has 2 N–H and O–H groups in total. The van der Waals surface area contributed by atoms with Crippen molar-refractivity contribution in [2.45, 2.75) is 33.0 Å². The summed E-state index contributed by atoms with van der Waals surface area (Å²) in [6.07, 6.45) is 1.96. The van der Waals surface area contributed by atoms with Crippen molar-refractivity contribution < 1.29 is 15.0 Å². The Kier molecular flexibility index (Phi) is 6.97. The van der Waals surface area contributed by atoms with Crippen LogP contribution in [0.5, 0.6) is 0 Å². The van der Waals surface area contributed by atoms with E-state index in [0.717, 1.165) is 24.2 Å². The quantitative estimate of drug-likeness (QED) is 0.795. The molecule has 0 spiro atoms. The Bertz CT molecular complexity index is 564. The fourth-order valence-corrected chi connectivity index (χ4v) is 2.81. The van der Waals surface area contributed by atoms with Gasteiger partial charge in [-0.05, 0) is 25.0 Å². The summed E-state index contributed by atoms with van der Waals surface area (Å²) >= 11 is 0. The van der Waals surface area contributed by atoms with Gasteiger partial charge < -0.3 is 15.1 Å². The highest BCUT2D eigenvalue weighted by atomic mass is 16.3. The van der Waals surface area contributed by atoms with Crippen molar-refractivity contribution in [1.29, 1.82) is 0 Å². The summed E-state index contributed by atoms with van der Waals surface area (Å²) in [5.41, 5.74) is 3.02. The van der Waals surface area contributed by atoms with Gasteiger partial charge in [0.1, 0.15) is 0 Å². The first-order valence-corrected chi connectivity index (χ1v) is 8.48. The van der Waals surface area contributed by atoms with Crippen molar-refractivity contribution in [1.82, 2.24) is 9.80 Å². The zero-order chi connectivity index (χ0) is 17.5. The molecule has 0 aromatic heterocycles. The first kappa shape index (κ1) is 18.6. The lowest BCUT2D eigenvalue weighted by Crippen LogP contribution is -2.38. The van der Waals surface area contributed by atoms with E-state index in [4.69, 9.17) is 5.11 Å². The number of carbonyl (C=O) groups is 1. The summed E-state index contributed by atoms with van der Waals surface area (Å²) in [5, 5.41) is 19.3. The predicted molar refractivity (Wildman–Crippen MR) is 94.5 cm³/mol. The molecule has 1 aromatic rings. The summed E-state index contributed by atoms with van der Waals surface area (Å²) in [5.74, 6) is 0.0369. The standard InChI is InChI=1S/C19H28N2O3/c1-15(2)7-8-20-9-10-21(13-18(23)12-20)19(24)11-16-3-5-17(14-22)6-4-16/h3-7,18,22-23H,8-14H2,1-2H3. The third-order valence-electron chi connectivity index (χ3n) is 4.26. The molecule has 1 unspecified atom stereocenters. The monoisotopic (exact) mass is 332 g/mol. The van der Waals surface area contributed by atoms with Crippen LogP contribution in [0.15, 0.2) is 35.9 Å². The average Bonchev–Trinajstić information content (AvgIpc) is 2.75. The summed E-state index contributed by atoms with van der Waals surface area (Å²) in [4.78, 5) is 16.5. The topological polar surface area (TPSA) is 64.0 Å². The number of rotatable bonds is 5. The zero-order valence-electron chi connectivity index (χ0n) is 14.6. The molecule has 2 rings (SSSR count). The average molecular weight is 332 g/mol. The molecule has 0 aliphatic carbocycles. The van der Waals surface area contributed by atoms with Crippen LogP contribution >= 0.6 is 0 Å². The molecule has 1 atom stereocenters. The van der Waals surface area contributed by atoms with Crippen LogP contribution in [-0.2, 0) is 17.8 Å².